The van der Waals surface area contributed by atoms with Crippen LogP contribution in [0, 0.1) is 0 Å². The van der Waals surface area contributed by atoms with Gasteiger partial charge >= 0.3 is 0 Å². The summed E-state index contributed by atoms with van der Waals surface area (Å²) >= 11 is 0. The lowest BCUT2D eigenvalue weighted by molar-refractivity contribution is 0.166. The van der Waals surface area contributed by atoms with E-state index in [2.05, 4.69) is 20.6 Å². The summed E-state index contributed by atoms with van der Waals surface area (Å²) in [7, 11) is 0. The molecular formula is C20H24N4O. The van der Waals surface area contributed by atoms with Crippen molar-refractivity contribution in [2.75, 3.05) is 19.6 Å². The highest BCUT2D eigenvalue weighted by Crippen LogP contribution is 2.23. The van der Waals surface area contributed by atoms with E-state index in [1.165, 1.54) is 0 Å². The molecule has 25 heavy (non-hydrogen) atoms. The van der Waals surface area contributed by atoms with Gasteiger partial charge < -0.3 is 20.7 Å². The molecule has 1 aliphatic heterocycles. The van der Waals surface area contributed by atoms with Crippen LogP contribution in [0.5, 0.6) is 0 Å². The Bertz CT molecular complexity index is 824. The van der Waals surface area contributed by atoms with Gasteiger partial charge in [0.1, 0.15) is 5.82 Å². The van der Waals surface area contributed by atoms with E-state index in [1.807, 2.05) is 48.5 Å². The van der Waals surface area contributed by atoms with Crippen LogP contribution in [-0.4, -0.2) is 40.8 Å². The molecule has 1 saturated heterocycles. The molecule has 1 aromatic heterocycles. The van der Waals surface area contributed by atoms with E-state index in [-0.39, 0.29) is 0 Å². The molecule has 1 atom stereocenters. The number of aliphatic hydroxyl groups excluding tert-OH is 1. The van der Waals surface area contributed by atoms with Gasteiger partial charge in [-0.15, -0.1) is 0 Å². The molecule has 0 radical (unpaired) electrons. The lowest BCUT2D eigenvalue weighted by Gasteiger charge is -2.25. The molecule has 0 saturated carbocycles. The minimum Gasteiger partial charge on any atom is -0.387 e. The summed E-state index contributed by atoms with van der Waals surface area (Å²) in [4.78, 5) is 8.00. The third-order valence-electron chi connectivity index (χ3n) is 4.88. The Morgan fingerprint density at radius 3 is 2.72 bits per heavy atom. The Labute approximate surface area is 147 Å². The standard InChI is InChI=1S/C20H24N4O/c25-19(13-22-16-8-10-21-11-9-16)15-6-7-17-18(12-15)24-20(23-17)14-4-2-1-3-5-14/h1-7,12,16,19,21-22,25H,8-11,13H2,(H,23,24). The molecule has 1 unspecified atom stereocenters. The summed E-state index contributed by atoms with van der Waals surface area (Å²) < 4.78 is 0. The van der Waals surface area contributed by atoms with Gasteiger partial charge in [0, 0.05) is 18.2 Å². The number of hydrogen-bond acceptors (Lipinski definition) is 4. The van der Waals surface area contributed by atoms with Crippen LogP contribution >= 0.6 is 0 Å². The second kappa shape index (κ2) is 7.35. The number of benzene rings is 2. The number of nitrogens with one attached hydrogen (secondary N) is 3. The molecule has 1 fully saturated rings. The maximum Gasteiger partial charge on any atom is 0.138 e. The summed E-state index contributed by atoms with van der Waals surface area (Å²) in [6, 6.07) is 16.5. The molecule has 130 valence electrons. The fraction of sp³-hybridized carbons (Fsp3) is 0.350. The van der Waals surface area contributed by atoms with Gasteiger partial charge in [-0.05, 0) is 43.6 Å². The summed E-state index contributed by atoms with van der Waals surface area (Å²) in [5, 5.41) is 17.4. The minimum absolute atomic E-state index is 0.497. The molecule has 1 aliphatic rings. The molecule has 2 aromatic carbocycles. The van der Waals surface area contributed by atoms with E-state index >= 15 is 0 Å². The molecule has 5 nitrogen and oxygen atoms in total. The zero-order valence-corrected chi connectivity index (χ0v) is 14.2. The quantitative estimate of drug-likeness (QED) is 0.578. The van der Waals surface area contributed by atoms with Crippen molar-refractivity contribution < 1.29 is 5.11 Å². The van der Waals surface area contributed by atoms with Crippen molar-refractivity contribution in [2.24, 2.45) is 0 Å². The highest BCUT2D eigenvalue weighted by Gasteiger charge is 2.15. The number of piperidine rings is 1. The van der Waals surface area contributed by atoms with E-state index < -0.39 is 6.10 Å². The number of nitrogens with zero attached hydrogens (tertiary/aromatic N) is 1. The molecule has 5 heteroatoms. The van der Waals surface area contributed by atoms with E-state index in [1.54, 1.807) is 0 Å². The van der Waals surface area contributed by atoms with Crippen molar-refractivity contribution in [1.82, 2.24) is 20.6 Å². The highest BCUT2D eigenvalue weighted by molar-refractivity contribution is 5.80. The third kappa shape index (κ3) is 3.74. The monoisotopic (exact) mass is 336 g/mol. The first kappa shape index (κ1) is 16.3. The molecular weight excluding hydrogens is 312 g/mol. The Hall–Kier alpha value is -2.21. The SMILES string of the molecule is OC(CNC1CCNCC1)c1ccc2nc(-c3ccccc3)[nH]c2c1. The Morgan fingerprint density at radius 1 is 1.12 bits per heavy atom. The topological polar surface area (TPSA) is 73.0 Å². The third-order valence-corrected chi connectivity index (χ3v) is 4.88. The average molecular weight is 336 g/mol. The first-order chi connectivity index (χ1) is 12.3. The number of aromatic nitrogens is 2. The van der Waals surface area contributed by atoms with Gasteiger partial charge in [0.05, 0.1) is 17.1 Å². The van der Waals surface area contributed by atoms with Crippen LogP contribution in [0.15, 0.2) is 48.5 Å². The van der Waals surface area contributed by atoms with Gasteiger partial charge in [-0.25, -0.2) is 4.98 Å². The first-order valence-corrected chi connectivity index (χ1v) is 8.97. The fourth-order valence-corrected chi connectivity index (χ4v) is 3.39. The maximum absolute atomic E-state index is 10.5. The van der Waals surface area contributed by atoms with Crippen LogP contribution in [0.4, 0.5) is 0 Å². The van der Waals surface area contributed by atoms with Gasteiger partial charge in [-0.1, -0.05) is 36.4 Å². The number of hydrogen-bond donors (Lipinski definition) is 4. The minimum atomic E-state index is -0.511. The van der Waals surface area contributed by atoms with Gasteiger partial charge in [0.2, 0.25) is 0 Å². The zero-order chi connectivity index (χ0) is 17.1. The van der Waals surface area contributed by atoms with Crippen LogP contribution in [0.3, 0.4) is 0 Å². The molecule has 4 N–H and O–H groups in total. The largest absolute Gasteiger partial charge is 0.387 e. The number of rotatable bonds is 5. The van der Waals surface area contributed by atoms with Gasteiger partial charge in [0.15, 0.2) is 0 Å². The first-order valence-electron chi connectivity index (χ1n) is 8.97. The van der Waals surface area contributed by atoms with Crippen LogP contribution in [0.2, 0.25) is 0 Å². The number of aromatic amines is 1. The number of H-pyrrole nitrogens is 1. The van der Waals surface area contributed by atoms with E-state index in [4.69, 9.17) is 0 Å². The lowest BCUT2D eigenvalue weighted by atomic mass is 10.0. The molecule has 4 rings (SSSR count). The molecule has 3 aromatic rings. The predicted molar refractivity (Wildman–Crippen MR) is 100 cm³/mol. The summed E-state index contributed by atoms with van der Waals surface area (Å²) in [6.45, 7) is 2.68. The molecule has 0 bridgehead atoms. The second-order valence-corrected chi connectivity index (χ2v) is 6.68. The fourth-order valence-electron chi connectivity index (χ4n) is 3.39. The van der Waals surface area contributed by atoms with Gasteiger partial charge in [-0.3, -0.25) is 0 Å². The normalized spacial score (nSPS) is 17.0. The van der Waals surface area contributed by atoms with Crippen LogP contribution in [0.1, 0.15) is 24.5 Å². The maximum atomic E-state index is 10.5. The van der Waals surface area contributed by atoms with Crippen LogP contribution in [0.25, 0.3) is 22.4 Å². The average Bonchev–Trinajstić information content (AvgIpc) is 3.11. The number of imidazole rings is 1. The van der Waals surface area contributed by atoms with Gasteiger partial charge in [-0.2, -0.15) is 0 Å². The summed E-state index contributed by atoms with van der Waals surface area (Å²) in [6.07, 6.45) is 1.72. The Kier molecular flexibility index (Phi) is 4.78. The smallest absolute Gasteiger partial charge is 0.138 e. The van der Waals surface area contributed by atoms with Crippen LogP contribution < -0.4 is 10.6 Å². The second-order valence-electron chi connectivity index (χ2n) is 6.68. The molecule has 0 spiro atoms. The van der Waals surface area contributed by atoms with E-state index in [0.29, 0.717) is 12.6 Å². The molecule has 0 aliphatic carbocycles. The molecule has 0 amide bonds. The zero-order valence-electron chi connectivity index (χ0n) is 14.2. The molecule has 2 heterocycles. The van der Waals surface area contributed by atoms with Crippen molar-refractivity contribution >= 4 is 11.0 Å². The Morgan fingerprint density at radius 2 is 1.92 bits per heavy atom. The van der Waals surface area contributed by atoms with Crippen molar-refractivity contribution in [3.05, 3.63) is 54.1 Å². The van der Waals surface area contributed by atoms with Crippen molar-refractivity contribution in [3.8, 4) is 11.4 Å². The van der Waals surface area contributed by atoms with Crippen molar-refractivity contribution in [1.29, 1.82) is 0 Å². The van der Waals surface area contributed by atoms with Crippen molar-refractivity contribution in [3.63, 3.8) is 0 Å². The van der Waals surface area contributed by atoms with Gasteiger partial charge in [0.25, 0.3) is 0 Å². The number of aliphatic hydroxyl groups is 1. The van der Waals surface area contributed by atoms with Crippen LogP contribution in [-0.2, 0) is 0 Å². The predicted octanol–water partition coefficient (Wildman–Crippen LogP) is 2.60. The van der Waals surface area contributed by atoms with E-state index in [9.17, 15) is 5.11 Å². The summed E-state index contributed by atoms with van der Waals surface area (Å²) in [5.74, 6) is 0.857. The van der Waals surface area contributed by atoms with Crippen molar-refractivity contribution in [2.45, 2.75) is 25.0 Å². The Balaban J connectivity index is 1.48. The lowest BCUT2D eigenvalue weighted by Crippen LogP contribution is -2.41. The highest BCUT2D eigenvalue weighted by atomic mass is 16.3. The summed E-state index contributed by atoms with van der Waals surface area (Å²) in [5.41, 5.74) is 3.85. The van der Waals surface area contributed by atoms with E-state index in [0.717, 1.165) is 53.9 Å². The number of fused-ring (bicyclic) bond motifs is 1.